The van der Waals surface area contributed by atoms with Gasteiger partial charge in [-0.3, -0.25) is 4.90 Å². The van der Waals surface area contributed by atoms with Gasteiger partial charge in [0.05, 0.1) is 18.8 Å². The van der Waals surface area contributed by atoms with Crippen LogP contribution in [0.3, 0.4) is 0 Å². The molecule has 2 atom stereocenters. The van der Waals surface area contributed by atoms with Gasteiger partial charge in [0, 0.05) is 6.42 Å². The molecule has 1 aliphatic rings. The number of amides is 1. The summed E-state index contributed by atoms with van der Waals surface area (Å²) in [7, 11) is 0. The highest BCUT2D eigenvalue weighted by molar-refractivity contribution is 5.69. The Morgan fingerprint density at radius 3 is 2.57 bits per heavy atom. The molecule has 1 heterocycles. The van der Waals surface area contributed by atoms with Crippen molar-refractivity contribution in [2.45, 2.75) is 64.5 Å². The summed E-state index contributed by atoms with van der Waals surface area (Å²) in [6.07, 6.45) is -0.652. The molecule has 0 spiro atoms. The molecule has 1 aliphatic heterocycles. The maximum Gasteiger partial charge on any atom is 0.412 e. The van der Waals surface area contributed by atoms with Crippen LogP contribution in [0, 0.1) is 0 Å². The third-order valence-electron chi connectivity index (χ3n) is 3.84. The number of benzene rings is 1. The van der Waals surface area contributed by atoms with Gasteiger partial charge in [0.2, 0.25) is 0 Å². The maximum atomic E-state index is 12.5. The molecule has 1 aromatic rings. The summed E-state index contributed by atoms with van der Waals surface area (Å²) in [5.41, 5.74) is -0.483. The van der Waals surface area contributed by atoms with E-state index < -0.39 is 23.5 Å². The molecule has 5 heteroatoms. The van der Waals surface area contributed by atoms with Crippen molar-refractivity contribution < 1.29 is 19.4 Å². The number of hydrogen-bond donors (Lipinski definition) is 1. The highest BCUT2D eigenvalue weighted by Gasteiger charge is 2.46. The zero-order valence-electron chi connectivity index (χ0n) is 14.6. The molecule has 1 saturated heterocycles. The van der Waals surface area contributed by atoms with Crippen molar-refractivity contribution in [2.24, 2.45) is 0 Å². The van der Waals surface area contributed by atoms with E-state index in [1.54, 1.807) is 4.90 Å². The van der Waals surface area contributed by atoms with Crippen LogP contribution in [0.5, 0.6) is 0 Å². The summed E-state index contributed by atoms with van der Waals surface area (Å²) in [6.45, 7) is 9.57. The molecule has 1 aromatic carbocycles. The highest BCUT2D eigenvalue weighted by atomic mass is 16.6. The van der Waals surface area contributed by atoms with E-state index in [1.807, 2.05) is 65.0 Å². The minimum Gasteiger partial charge on any atom is -0.444 e. The molecule has 2 rings (SSSR count). The van der Waals surface area contributed by atoms with E-state index in [2.05, 4.69) is 0 Å². The predicted molar refractivity (Wildman–Crippen MR) is 87.9 cm³/mol. The molecule has 128 valence electrons. The Kier molecular flexibility index (Phi) is 5.01. The van der Waals surface area contributed by atoms with Gasteiger partial charge >= 0.3 is 6.09 Å². The van der Waals surface area contributed by atoms with Gasteiger partial charge in [0.15, 0.2) is 0 Å². The number of aliphatic hydroxyl groups is 1. The van der Waals surface area contributed by atoms with Crippen molar-refractivity contribution in [1.82, 2.24) is 4.90 Å². The molecular weight excluding hydrogens is 294 g/mol. The molecule has 0 saturated carbocycles. The van der Waals surface area contributed by atoms with Crippen molar-refractivity contribution in [3.05, 3.63) is 35.9 Å². The maximum absolute atomic E-state index is 12.5. The highest BCUT2D eigenvalue weighted by Crippen LogP contribution is 2.33. The summed E-state index contributed by atoms with van der Waals surface area (Å²) in [5, 5.41) is 10.4. The van der Waals surface area contributed by atoms with Crippen molar-refractivity contribution in [1.29, 1.82) is 0 Å². The lowest BCUT2D eigenvalue weighted by Crippen LogP contribution is -2.50. The van der Waals surface area contributed by atoms with Crippen LogP contribution in [-0.4, -0.2) is 40.1 Å². The van der Waals surface area contributed by atoms with Gasteiger partial charge in [0.25, 0.3) is 0 Å². The molecule has 1 fully saturated rings. The van der Waals surface area contributed by atoms with Crippen molar-refractivity contribution in [2.75, 3.05) is 6.61 Å². The van der Waals surface area contributed by atoms with Gasteiger partial charge in [-0.15, -0.1) is 0 Å². The third-order valence-corrected chi connectivity index (χ3v) is 3.84. The van der Waals surface area contributed by atoms with Crippen LogP contribution in [0.4, 0.5) is 4.79 Å². The van der Waals surface area contributed by atoms with Gasteiger partial charge in [-0.05, 0) is 40.2 Å². The summed E-state index contributed by atoms with van der Waals surface area (Å²) in [5.74, 6) is 0. The second-order valence-electron chi connectivity index (χ2n) is 7.42. The van der Waals surface area contributed by atoms with Crippen LogP contribution in [0.15, 0.2) is 30.3 Å². The standard InChI is InChI=1S/C18H27NO4/c1-17(2,3)23-16(21)19-14(12-22-18(19,4)5)11-15(20)13-9-7-6-8-10-13/h6-10,14-15,20H,11-12H2,1-5H3/t14-,15+/m1/s1. The molecule has 0 aromatic heterocycles. The first-order chi connectivity index (χ1) is 10.6. The first-order valence-corrected chi connectivity index (χ1v) is 7.99. The lowest BCUT2D eigenvalue weighted by molar-refractivity contribution is -0.0637. The number of carbonyl (C=O) groups excluding carboxylic acids is 1. The number of carbonyl (C=O) groups is 1. The Morgan fingerprint density at radius 1 is 1.39 bits per heavy atom. The van der Waals surface area contributed by atoms with E-state index in [4.69, 9.17) is 9.47 Å². The zero-order valence-corrected chi connectivity index (χ0v) is 14.6. The van der Waals surface area contributed by atoms with Gasteiger partial charge in [0.1, 0.15) is 11.3 Å². The van der Waals surface area contributed by atoms with Gasteiger partial charge in [-0.1, -0.05) is 30.3 Å². The predicted octanol–water partition coefficient (Wildman–Crippen LogP) is 3.48. The van der Waals surface area contributed by atoms with E-state index in [1.165, 1.54) is 0 Å². The summed E-state index contributed by atoms with van der Waals surface area (Å²) in [6, 6.07) is 9.21. The van der Waals surface area contributed by atoms with E-state index in [0.29, 0.717) is 13.0 Å². The van der Waals surface area contributed by atoms with Crippen LogP contribution in [0.1, 0.15) is 52.7 Å². The first-order valence-electron chi connectivity index (χ1n) is 7.99. The number of hydrogen-bond acceptors (Lipinski definition) is 4. The van der Waals surface area contributed by atoms with Crippen molar-refractivity contribution in [3.8, 4) is 0 Å². The Balaban J connectivity index is 2.12. The van der Waals surface area contributed by atoms with E-state index in [0.717, 1.165) is 5.56 Å². The average Bonchev–Trinajstić information content (AvgIpc) is 2.72. The van der Waals surface area contributed by atoms with Gasteiger partial charge < -0.3 is 14.6 Å². The Bertz CT molecular complexity index is 536. The van der Waals surface area contributed by atoms with Crippen LogP contribution in [0.25, 0.3) is 0 Å². The topological polar surface area (TPSA) is 59.0 Å². The van der Waals surface area contributed by atoms with E-state index >= 15 is 0 Å². The molecule has 0 unspecified atom stereocenters. The summed E-state index contributed by atoms with van der Waals surface area (Å²) >= 11 is 0. The number of ether oxygens (including phenoxy) is 2. The normalized spacial score (nSPS) is 22.0. The van der Waals surface area contributed by atoms with Crippen molar-refractivity contribution >= 4 is 6.09 Å². The number of rotatable bonds is 3. The molecule has 1 N–H and O–H groups in total. The lowest BCUT2D eigenvalue weighted by atomic mass is 10.0. The Hall–Kier alpha value is -1.59. The van der Waals surface area contributed by atoms with E-state index in [-0.39, 0.29) is 6.04 Å². The third kappa shape index (κ3) is 4.45. The van der Waals surface area contributed by atoms with Crippen LogP contribution in [0.2, 0.25) is 0 Å². The SMILES string of the molecule is CC(C)(C)OC(=O)N1[C@H](C[C@H](O)c2ccccc2)COC1(C)C. The average molecular weight is 321 g/mol. The molecular formula is C18H27NO4. The zero-order chi connectivity index (χ0) is 17.3. The lowest BCUT2D eigenvalue weighted by Gasteiger charge is -2.35. The fraction of sp³-hybridized carbons (Fsp3) is 0.611. The Labute approximate surface area is 138 Å². The molecule has 0 radical (unpaired) electrons. The first kappa shape index (κ1) is 17.8. The summed E-state index contributed by atoms with van der Waals surface area (Å²) < 4.78 is 11.3. The van der Waals surface area contributed by atoms with E-state index in [9.17, 15) is 9.90 Å². The molecule has 1 amide bonds. The quantitative estimate of drug-likeness (QED) is 0.926. The van der Waals surface area contributed by atoms with Crippen molar-refractivity contribution in [3.63, 3.8) is 0 Å². The van der Waals surface area contributed by atoms with Gasteiger partial charge in [-0.25, -0.2) is 4.79 Å². The summed E-state index contributed by atoms with van der Waals surface area (Å²) in [4.78, 5) is 14.1. The minimum absolute atomic E-state index is 0.227. The van der Waals surface area contributed by atoms with Crippen LogP contribution >= 0.6 is 0 Å². The van der Waals surface area contributed by atoms with Crippen LogP contribution in [-0.2, 0) is 9.47 Å². The second-order valence-corrected chi connectivity index (χ2v) is 7.42. The molecule has 5 nitrogen and oxygen atoms in total. The Morgan fingerprint density at radius 2 is 2.00 bits per heavy atom. The van der Waals surface area contributed by atoms with Gasteiger partial charge in [-0.2, -0.15) is 0 Å². The minimum atomic E-state index is -0.747. The molecule has 0 bridgehead atoms. The monoisotopic (exact) mass is 321 g/mol. The largest absolute Gasteiger partial charge is 0.444 e. The second kappa shape index (κ2) is 6.49. The fourth-order valence-corrected chi connectivity index (χ4v) is 2.81. The number of aliphatic hydroxyl groups excluding tert-OH is 1. The smallest absolute Gasteiger partial charge is 0.412 e. The fourth-order valence-electron chi connectivity index (χ4n) is 2.81. The molecule has 23 heavy (non-hydrogen) atoms. The van der Waals surface area contributed by atoms with Crippen LogP contribution < -0.4 is 0 Å². The number of nitrogens with zero attached hydrogens (tertiary/aromatic N) is 1. The molecule has 0 aliphatic carbocycles.